The summed E-state index contributed by atoms with van der Waals surface area (Å²) in [5.74, 6) is 0.521. The molecule has 2 atom stereocenters. The fourth-order valence-electron chi connectivity index (χ4n) is 2.99. The van der Waals surface area contributed by atoms with Crippen molar-refractivity contribution in [2.45, 2.75) is 31.8 Å². The van der Waals surface area contributed by atoms with Gasteiger partial charge in [0.25, 0.3) is 0 Å². The SMILES string of the molecule is C[C@H](NC(=O)C1CC1)[C@@H](c1cccs1)[NH+]1CCOCC1. The maximum absolute atomic E-state index is 12.0. The lowest BCUT2D eigenvalue weighted by Crippen LogP contribution is -3.15. The molecule has 0 aromatic carbocycles. The Morgan fingerprint density at radius 3 is 2.80 bits per heavy atom. The largest absolute Gasteiger partial charge is 0.370 e. The molecule has 0 radical (unpaired) electrons. The first-order valence-electron chi connectivity index (χ1n) is 7.52. The van der Waals surface area contributed by atoms with E-state index < -0.39 is 0 Å². The third-order valence-corrected chi connectivity index (χ3v) is 5.20. The smallest absolute Gasteiger partial charge is 0.223 e. The minimum Gasteiger partial charge on any atom is -0.370 e. The van der Waals surface area contributed by atoms with Crippen LogP contribution in [0, 0.1) is 5.92 Å². The van der Waals surface area contributed by atoms with Gasteiger partial charge in [-0.3, -0.25) is 4.79 Å². The van der Waals surface area contributed by atoms with Crippen LogP contribution in [0.25, 0.3) is 0 Å². The van der Waals surface area contributed by atoms with E-state index in [9.17, 15) is 4.79 Å². The molecular formula is C15H23N2O2S+. The molecule has 2 fully saturated rings. The highest BCUT2D eigenvalue weighted by Gasteiger charge is 2.36. The number of carbonyl (C=O) groups excluding carboxylic acids is 1. The van der Waals surface area contributed by atoms with Gasteiger partial charge in [0, 0.05) is 5.92 Å². The van der Waals surface area contributed by atoms with E-state index in [1.807, 2.05) is 0 Å². The van der Waals surface area contributed by atoms with Gasteiger partial charge >= 0.3 is 0 Å². The molecule has 1 saturated heterocycles. The van der Waals surface area contributed by atoms with E-state index in [-0.39, 0.29) is 17.9 Å². The van der Waals surface area contributed by atoms with Gasteiger partial charge in [-0.15, -0.1) is 11.3 Å². The Hall–Kier alpha value is -0.910. The molecule has 5 heteroatoms. The van der Waals surface area contributed by atoms with E-state index >= 15 is 0 Å². The first-order valence-corrected chi connectivity index (χ1v) is 8.40. The highest BCUT2D eigenvalue weighted by Crippen LogP contribution is 2.29. The summed E-state index contributed by atoms with van der Waals surface area (Å²) >= 11 is 1.79. The van der Waals surface area contributed by atoms with Crippen LogP contribution in [0.1, 0.15) is 30.7 Å². The van der Waals surface area contributed by atoms with E-state index in [1.54, 1.807) is 11.3 Å². The van der Waals surface area contributed by atoms with Crippen molar-refractivity contribution in [3.05, 3.63) is 22.4 Å². The topological polar surface area (TPSA) is 42.8 Å². The number of thiophene rings is 1. The van der Waals surface area contributed by atoms with Gasteiger partial charge < -0.3 is 15.0 Å². The normalized spacial score (nSPS) is 23.2. The zero-order valence-corrected chi connectivity index (χ0v) is 12.7. The lowest BCUT2D eigenvalue weighted by molar-refractivity contribution is -0.939. The van der Waals surface area contributed by atoms with Gasteiger partial charge in [-0.05, 0) is 31.2 Å². The number of hydrogen-bond donors (Lipinski definition) is 2. The molecule has 0 unspecified atom stereocenters. The summed E-state index contributed by atoms with van der Waals surface area (Å²) in [5, 5.41) is 5.36. The van der Waals surface area contributed by atoms with Gasteiger partial charge in [-0.1, -0.05) is 6.07 Å². The number of quaternary nitrogens is 1. The summed E-state index contributed by atoms with van der Waals surface area (Å²) in [5.41, 5.74) is 0. The van der Waals surface area contributed by atoms with Gasteiger partial charge in [0.15, 0.2) is 0 Å². The molecule has 3 rings (SSSR count). The van der Waals surface area contributed by atoms with Gasteiger partial charge in [-0.2, -0.15) is 0 Å². The predicted octanol–water partition coefficient (Wildman–Crippen LogP) is 0.619. The second-order valence-corrected chi connectivity index (χ2v) is 6.81. The monoisotopic (exact) mass is 295 g/mol. The van der Waals surface area contributed by atoms with Gasteiger partial charge in [-0.25, -0.2) is 0 Å². The van der Waals surface area contributed by atoms with E-state index in [2.05, 4.69) is 29.8 Å². The molecule has 110 valence electrons. The molecule has 4 nitrogen and oxygen atoms in total. The third-order valence-electron chi connectivity index (χ3n) is 4.24. The number of morpholine rings is 1. The van der Waals surface area contributed by atoms with Crippen LogP contribution in [0.5, 0.6) is 0 Å². The molecule has 2 aliphatic rings. The van der Waals surface area contributed by atoms with Crippen LogP contribution in [0.3, 0.4) is 0 Å². The predicted molar refractivity (Wildman–Crippen MR) is 78.9 cm³/mol. The van der Waals surface area contributed by atoms with Crippen molar-refractivity contribution in [1.82, 2.24) is 5.32 Å². The fourth-order valence-corrected chi connectivity index (χ4v) is 3.97. The third kappa shape index (κ3) is 3.22. The zero-order chi connectivity index (χ0) is 13.9. The minimum atomic E-state index is 0.176. The Balaban J connectivity index is 1.71. The second-order valence-electron chi connectivity index (χ2n) is 5.84. The van der Waals surface area contributed by atoms with Gasteiger partial charge in [0.05, 0.1) is 24.1 Å². The number of ether oxygens (including phenoxy) is 1. The number of hydrogen-bond acceptors (Lipinski definition) is 3. The number of carbonyl (C=O) groups is 1. The standard InChI is InChI=1S/C15H22N2O2S/c1-11(16-15(18)12-4-5-12)14(13-3-2-10-20-13)17-6-8-19-9-7-17/h2-3,10-12,14H,4-9H2,1H3,(H,16,18)/p+1/t11-,14-/m0/s1. The van der Waals surface area contributed by atoms with Crippen LogP contribution in [0.2, 0.25) is 0 Å². The zero-order valence-electron chi connectivity index (χ0n) is 11.9. The van der Waals surface area contributed by atoms with E-state index in [0.29, 0.717) is 6.04 Å². The van der Waals surface area contributed by atoms with Gasteiger partial charge in [0.2, 0.25) is 5.91 Å². The quantitative estimate of drug-likeness (QED) is 0.836. The first-order chi connectivity index (χ1) is 9.75. The van der Waals surface area contributed by atoms with Crippen LogP contribution in [-0.2, 0) is 9.53 Å². The maximum atomic E-state index is 12.0. The van der Waals surface area contributed by atoms with Crippen LogP contribution in [0.4, 0.5) is 0 Å². The molecule has 20 heavy (non-hydrogen) atoms. The Bertz CT molecular complexity index is 439. The van der Waals surface area contributed by atoms with Crippen molar-refractivity contribution >= 4 is 17.2 Å². The summed E-state index contributed by atoms with van der Waals surface area (Å²) < 4.78 is 5.47. The number of nitrogens with one attached hydrogen (secondary N) is 2. The van der Waals surface area contributed by atoms with Crippen LogP contribution in [0.15, 0.2) is 17.5 Å². The van der Waals surface area contributed by atoms with Crippen LogP contribution in [-0.4, -0.2) is 38.3 Å². The Kier molecular flexibility index (Phi) is 4.38. The van der Waals surface area contributed by atoms with Crippen molar-refractivity contribution in [2.75, 3.05) is 26.3 Å². The fraction of sp³-hybridized carbons (Fsp3) is 0.667. The average Bonchev–Trinajstić information content (AvgIpc) is 3.18. The molecule has 0 spiro atoms. The maximum Gasteiger partial charge on any atom is 0.223 e. The average molecular weight is 295 g/mol. The van der Waals surface area contributed by atoms with Gasteiger partial charge in [0.1, 0.15) is 19.1 Å². The molecule has 1 aromatic rings. The first kappa shape index (κ1) is 14.0. The molecule has 0 bridgehead atoms. The summed E-state index contributed by atoms with van der Waals surface area (Å²) in [7, 11) is 0. The summed E-state index contributed by atoms with van der Waals surface area (Å²) in [6, 6.07) is 4.82. The van der Waals surface area contributed by atoms with E-state index in [4.69, 9.17) is 4.74 Å². The lowest BCUT2D eigenvalue weighted by Gasteiger charge is -2.34. The van der Waals surface area contributed by atoms with Crippen LogP contribution >= 0.6 is 11.3 Å². The Morgan fingerprint density at radius 2 is 2.20 bits per heavy atom. The van der Waals surface area contributed by atoms with Crippen LogP contribution < -0.4 is 10.2 Å². The molecule has 1 saturated carbocycles. The number of rotatable bonds is 5. The van der Waals surface area contributed by atoms with Crippen molar-refractivity contribution in [1.29, 1.82) is 0 Å². The lowest BCUT2D eigenvalue weighted by atomic mass is 10.1. The molecule has 2 N–H and O–H groups in total. The Labute approximate surface area is 124 Å². The van der Waals surface area contributed by atoms with E-state index in [0.717, 1.165) is 39.1 Å². The second kappa shape index (κ2) is 6.24. The molecule has 2 heterocycles. The van der Waals surface area contributed by atoms with Crippen molar-refractivity contribution in [2.24, 2.45) is 5.92 Å². The highest BCUT2D eigenvalue weighted by molar-refractivity contribution is 7.10. The summed E-state index contributed by atoms with van der Waals surface area (Å²) in [4.78, 5) is 14.9. The molecular weight excluding hydrogens is 272 g/mol. The van der Waals surface area contributed by atoms with Crippen molar-refractivity contribution < 1.29 is 14.4 Å². The molecule has 1 aromatic heterocycles. The summed E-state index contributed by atoms with van der Waals surface area (Å²) in [6.07, 6.45) is 2.12. The highest BCUT2D eigenvalue weighted by atomic mass is 32.1. The molecule has 1 aliphatic carbocycles. The minimum absolute atomic E-state index is 0.176. The van der Waals surface area contributed by atoms with E-state index in [1.165, 1.54) is 9.78 Å². The van der Waals surface area contributed by atoms with Crippen molar-refractivity contribution in [3.63, 3.8) is 0 Å². The molecule has 1 amide bonds. The Morgan fingerprint density at radius 1 is 1.45 bits per heavy atom. The summed E-state index contributed by atoms with van der Waals surface area (Å²) in [6.45, 7) is 5.83. The molecule has 1 aliphatic heterocycles. The van der Waals surface area contributed by atoms with Crippen molar-refractivity contribution in [3.8, 4) is 0 Å². The number of amides is 1.